The standard InChI is InChI=1S/C26H21Cl3N2O3S/c1-3-15-4-8-19(9-5-15)30-26-31-25(32)23(35-26)12-16-10-21(29)24(22(11-16)33-2)34-14-17-6-7-18(27)13-20(17)28/h4-13H,3,14H2,1-2H3,(H,30,31,32)/b23-12-. The van der Waals surface area contributed by atoms with E-state index in [4.69, 9.17) is 44.3 Å². The Hall–Kier alpha value is -2.64. The number of aliphatic imine (C=N–C) groups is 1. The van der Waals surface area contributed by atoms with E-state index in [9.17, 15) is 4.79 Å². The number of rotatable bonds is 7. The maximum Gasteiger partial charge on any atom is 0.264 e. The van der Waals surface area contributed by atoms with E-state index < -0.39 is 0 Å². The third kappa shape index (κ3) is 6.33. The van der Waals surface area contributed by atoms with Crippen LogP contribution < -0.4 is 14.8 Å². The number of amides is 1. The van der Waals surface area contributed by atoms with Gasteiger partial charge in [-0.2, -0.15) is 0 Å². The molecule has 0 radical (unpaired) electrons. The second-order valence-electron chi connectivity index (χ2n) is 7.56. The molecule has 3 aromatic carbocycles. The molecule has 9 heteroatoms. The number of hydrogen-bond donors (Lipinski definition) is 1. The first-order valence-electron chi connectivity index (χ1n) is 10.7. The topological polar surface area (TPSA) is 59.9 Å². The summed E-state index contributed by atoms with van der Waals surface area (Å²) in [6, 6.07) is 16.6. The van der Waals surface area contributed by atoms with Gasteiger partial charge in [-0.15, -0.1) is 0 Å². The lowest BCUT2D eigenvalue weighted by molar-refractivity contribution is -0.115. The summed E-state index contributed by atoms with van der Waals surface area (Å²) in [5, 5.41) is 4.70. The highest BCUT2D eigenvalue weighted by atomic mass is 35.5. The Bertz CT molecular complexity index is 1320. The molecule has 1 amide bonds. The van der Waals surface area contributed by atoms with Crippen LogP contribution in [0.5, 0.6) is 11.5 Å². The summed E-state index contributed by atoms with van der Waals surface area (Å²) in [5.74, 6) is 0.582. The van der Waals surface area contributed by atoms with Crippen molar-refractivity contribution >= 4 is 69.4 Å². The van der Waals surface area contributed by atoms with E-state index in [2.05, 4.69) is 17.2 Å². The summed E-state index contributed by atoms with van der Waals surface area (Å²) < 4.78 is 11.4. The number of hydrogen-bond acceptors (Lipinski definition) is 5. The van der Waals surface area contributed by atoms with Gasteiger partial charge in [-0.25, -0.2) is 4.99 Å². The average molecular weight is 548 g/mol. The Morgan fingerprint density at radius 1 is 1.03 bits per heavy atom. The summed E-state index contributed by atoms with van der Waals surface area (Å²) in [5.41, 5.74) is 3.45. The zero-order chi connectivity index (χ0) is 24.9. The molecular formula is C26H21Cl3N2O3S. The fraction of sp³-hybridized carbons (Fsp3) is 0.154. The largest absolute Gasteiger partial charge is 0.493 e. The molecular weight excluding hydrogens is 527 g/mol. The minimum absolute atomic E-state index is 0.184. The predicted molar refractivity (Wildman–Crippen MR) is 145 cm³/mol. The van der Waals surface area contributed by atoms with Gasteiger partial charge < -0.3 is 14.8 Å². The number of benzene rings is 3. The Labute approximate surface area is 223 Å². The normalized spacial score (nSPS) is 15.5. The molecule has 5 nitrogen and oxygen atoms in total. The van der Waals surface area contributed by atoms with E-state index in [1.54, 1.807) is 36.4 Å². The summed E-state index contributed by atoms with van der Waals surface area (Å²) >= 11 is 20.0. The van der Waals surface area contributed by atoms with Gasteiger partial charge in [-0.3, -0.25) is 4.79 Å². The van der Waals surface area contributed by atoms with Crippen LogP contribution >= 0.6 is 46.6 Å². The second kappa shape index (κ2) is 11.4. The van der Waals surface area contributed by atoms with Crippen molar-refractivity contribution in [3.05, 3.63) is 91.3 Å². The molecule has 1 aliphatic heterocycles. The summed E-state index contributed by atoms with van der Waals surface area (Å²) in [7, 11) is 1.52. The fourth-order valence-corrected chi connectivity index (χ4v) is 4.89. The van der Waals surface area contributed by atoms with Crippen molar-refractivity contribution in [3.8, 4) is 11.5 Å². The van der Waals surface area contributed by atoms with Crippen LogP contribution in [0.4, 0.5) is 5.69 Å². The van der Waals surface area contributed by atoms with Crippen LogP contribution in [0.3, 0.4) is 0 Å². The number of carbonyl (C=O) groups is 1. The zero-order valence-electron chi connectivity index (χ0n) is 18.9. The number of carbonyl (C=O) groups excluding carboxylic acids is 1. The molecule has 35 heavy (non-hydrogen) atoms. The molecule has 1 saturated heterocycles. The molecule has 0 aromatic heterocycles. The number of thioether (sulfide) groups is 1. The minimum Gasteiger partial charge on any atom is -0.493 e. The number of nitrogens with one attached hydrogen (secondary N) is 1. The van der Waals surface area contributed by atoms with E-state index in [-0.39, 0.29) is 12.5 Å². The van der Waals surface area contributed by atoms with E-state index in [0.29, 0.717) is 42.2 Å². The van der Waals surface area contributed by atoms with Crippen LogP contribution in [0.25, 0.3) is 6.08 Å². The first-order valence-corrected chi connectivity index (χ1v) is 12.6. The lowest BCUT2D eigenvalue weighted by atomic mass is 10.1. The van der Waals surface area contributed by atoms with Crippen molar-refractivity contribution in [1.29, 1.82) is 0 Å². The highest BCUT2D eigenvalue weighted by Gasteiger charge is 2.24. The van der Waals surface area contributed by atoms with Gasteiger partial charge in [0.25, 0.3) is 5.91 Å². The molecule has 1 fully saturated rings. The van der Waals surface area contributed by atoms with Gasteiger partial charge in [0, 0.05) is 15.6 Å². The van der Waals surface area contributed by atoms with Crippen molar-refractivity contribution in [2.75, 3.05) is 7.11 Å². The molecule has 3 aromatic rings. The van der Waals surface area contributed by atoms with E-state index in [1.165, 1.54) is 24.4 Å². The Morgan fingerprint density at radius 2 is 1.80 bits per heavy atom. The minimum atomic E-state index is -0.230. The number of aryl methyl sites for hydroxylation is 1. The predicted octanol–water partition coefficient (Wildman–Crippen LogP) is 7.69. The van der Waals surface area contributed by atoms with Crippen molar-refractivity contribution in [1.82, 2.24) is 5.32 Å². The Balaban J connectivity index is 1.52. The summed E-state index contributed by atoms with van der Waals surface area (Å²) in [4.78, 5) is 17.5. The van der Waals surface area contributed by atoms with Gasteiger partial charge in [-0.1, -0.05) is 59.9 Å². The van der Waals surface area contributed by atoms with Crippen LogP contribution in [0, 0.1) is 0 Å². The number of amidine groups is 1. The number of ether oxygens (including phenoxy) is 2. The van der Waals surface area contributed by atoms with Crippen LogP contribution in [0.1, 0.15) is 23.6 Å². The Morgan fingerprint density at radius 3 is 2.49 bits per heavy atom. The SMILES string of the molecule is CCc1ccc(N=C2NC(=O)/C(=C/c3cc(Cl)c(OCc4ccc(Cl)cc4Cl)c(OC)c3)S2)cc1. The first kappa shape index (κ1) is 25.5. The molecule has 0 saturated carbocycles. The molecule has 1 N–H and O–H groups in total. The fourth-order valence-electron chi connectivity index (χ4n) is 3.31. The maximum atomic E-state index is 12.5. The zero-order valence-corrected chi connectivity index (χ0v) is 22.0. The van der Waals surface area contributed by atoms with Crippen LogP contribution in [0.15, 0.2) is 64.5 Å². The third-order valence-electron chi connectivity index (χ3n) is 5.16. The van der Waals surface area contributed by atoms with Gasteiger partial charge in [-0.05, 0) is 71.8 Å². The van der Waals surface area contributed by atoms with Gasteiger partial charge in [0.1, 0.15) is 6.61 Å². The number of methoxy groups -OCH3 is 1. The Kier molecular flexibility index (Phi) is 8.29. The highest BCUT2D eigenvalue weighted by Crippen LogP contribution is 2.39. The van der Waals surface area contributed by atoms with Crippen molar-refractivity contribution < 1.29 is 14.3 Å². The van der Waals surface area contributed by atoms with Crippen LogP contribution in [0.2, 0.25) is 15.1 Å². The summed E-state index contributed by atoms with van der Waals surface area (Å²) in [6.45, 7) is 2.28. The van der Waals surface area contributed by atoms with E-state index in [1.807, 2.05) is 24.3 Å². The van der Waals surface area contributed by atoms with Crippen LogP contribution in [-0.2, 0) is 17.8 Å². The summed E-state index contributed by atoms with van der Waals surface area (Å²) in [6.07, 6.45) is 2.69. The van der Waals surface area contributed by atoms with Gasteiger partial charge in [0.2, 0.25) is 0 Å². The third-order valence-corrected chi connectivity index (χ3v) is 6.94. The van der Waals surface area contributed by atoms with Crippen molar-refractivity contribution in [2.24, 2.45) is 4.99 Å². The first-order chi connectivity index (χ1) is 16.9. The molecule has 1 heterocycles. The molecule has 0 unspecified atom stereocenters. The van der Waals surface area contributed by atoms with Gasteiger partial charge >= 0.3 is 0 Å². The van der Waals surface area contributed by atoms with E-state index in [0.717, 1.165) is 17.7 Å². The van der Waals surface area contributed by atoms with E-state index >= 15 is 0 Å². The van der Waals surface area contributed by atoms with Crippen molar-refractivity contribution in [3.63, 3.8) is 0 Å². The molecule has 180 valence electrons. The maximum absolute atomic E-state index is 12.5. The molecule has 1 aliphatic rings. The smallest absolute Gasteiger partial charge is 0.264 e. The van der Waals surface area contributed by atoms with Gasteiger partial charge in [0.15, 0.2) is 16.7 Å². The lowest BCUT2D eigenvalue weighted by Crippen LogP contribution is -2.19. The number of halogens is 3. The monoisotopic (exact) mass is 546 g/mol. The molecule has 4 rings (SSSR count). The average Bonchev–Trinajstić information content (AvgIpc) is 3.17. The second-order valence-corrected chi connectivity index (χ2v) is 9.84. The highest BCUT2D eigenvalue weighted by molar-refractivity contribution is 8.18. The van der Waals surface area contributed by atoms with Crippen molar-refractivity contribution in [2.45, 2.75) is 20.0 Å². The number of nitrogens with zero attached hydrogens (tertiary/aromatic N) is 1. The molecule has 0 spiro atoms. The lowest BCUT2D eigenvalue weighted by Gasteiger charge is -2.14. The quantitative estimate of drug-likeness (QED) is 0.308. The van der Waals surface area contributed by atoms with Gasteiger partial charge in [0.05, 0.1) is 22.7 Å². The van der Waals surface area contributed by atoms with Crippen LogP contribution in [-0.4, -0.2) is 18.2 Å². The molecule has 0 aliphatic carbocycles. The molecule has 0 atom stereocenters. The molecule has 0 bridgehead atoms.